The van der Waals surface area contributed by atoms with Gasteiger partial charge in [-0.3, -0.25) is 0 Å². The van der Waals surface area contributed by atoms with Gasteiger partial charge in [-0.05, 0) is 63.1 Å². The molecule has 0 bridgehead atoms. The maximum Gasteiger partial charge on any atom is 0.230 e. The van der Waals surface area contributed by atoms with Crippen LogP contribution in [-0.4, -0.2) is 54.0 Å². The lowest BCUT2D eigenvalue weighted by molar-refractivity contribution is 0.00670. The topological polar surface area (TPSA) is 114 Å². The van der Waals surface area contributed by atoms with Crippen LogP contribution >= 0.6 is 0 Å². The minimum Gasteiger partial charge on any atom is -0.493 e. The molecule has 192 valence electrons. The van der Waals surface area contributed by atoms with Crippen molar-refractivity contribution in [2.45, 2.75) is 44.8 Å². The average molecular weight is 502 g/mol. The van der Waals surface area contributed by atoms with Crippen LogP contribution in [0.3, 0.4) is 0 Å². The van der Waals surface area contributed by atoms with E-state index in [9.17, 15) is 0 Å². The van der Waals surface area contributed by atoms with E-state index in [-0.39, 0.29) is 6.10 Å². The third-order valence-electron chi connectivity index (χ3n) is 6.57. The number of ether oxygens (including phenoxy) is 4. The number of fused-ring (bicyclic) bond motifs is 2. The highest BCUT2D eigenvalue weighted by Crippen LogP contribution is 2.36. The van der Waals surface area contributed by atoms with Crippen LogP contribution in [-0.2, 0) is 4.74 Å². The fourth-order valence-corrected chi connectivity index (χ4v) is 4.77. The zero-order valence-electron chi connectivity index (χ0n) is 21.1. The van der Waals surface area contributed by atoms with Crippen molar-refractivity contribution < 1.29 is 18.9 Å². The lowest BCUT2D eigenvalue weighted by atomic mass is 9.98. The largest absolute Gasteiger partial charge is 0.493 e. The van der Waals surface area contributed by atoms with E-state index in [4.69, 9.17) is 24.2 Å². The van der Waals surface area contributed by atoms with Gasteiger partial charge in [-0.15, -0.1) is 0 Å². The van der Waals surface area contributed by atoms with Gasteiger partial charge >= 0.3 is 0 Å². The van der Waals surface area contributed by atoms with Crippen molar-refractivity contribution in [2.75, 3.05) is 26.9 Å². The van der Waals surface area contributed by atoms with Crippen LogP contribution in [0, 0.1) is 18.3 Å². The number of aromatic amines is 1. The number of aryl methyl sites for hydroxylation is 1. The molecule has 37 heavy (non-hydrogen) atoms. The van der Waals surface area contributed by atoms with E-state index < -0.39 is 0 Å². The minimum absolute atomic E-state index is 0.175. The van der Waals surface area contributed by atoms with E-state index in [1.165, 1.54) is 6.33 Å². The maximum atomic E-state index is 8.82. The molecule has 1 aliphatic heterocycles. The number of nitrogens with one attached hydrogen (secondary N) is 2. The van der Waals surface area contributed by atoms with E-state index in [0.29, 0.717) is 54.3 Å². The Kier molecular flexibility index (Phi) is 7.68. The van der Waals surface area contributed by atoms with Gasteiger partial charge in [0, 0.05) is 35.1 Å². The van der Waals surface area contributed by atoms with Gasteiger partial charge in [-0.2, -0.15) is 5.26 Å². The molecule has 2 aromatic carbocycles. The summed E-state index contributed by atoms with van der Waals surface area (Å²) < 4.78 is 23.8. The van der Waals surface area contributed by atoms with Crippen molar-refractivity contribution in [1.29, 1.82) is 5.26 Å². The first-order valence-corrected chi connectivity index (χ1v) is 12.6. The molecule has 2 atom stereocenters. The molecule has 2 unspecified atom stereocenters. The lowest BCUT2D eigenvalue weighted by Gasteiger charge is -2.30. The fraction of sp³-hybridized carbons (Fsp3) is 0.393. The van der Waals surface area contributed by atoms with Gasteiger partial charge in [0.1, 0.15) is 18.7 Å². The van der Waals surface area contributed by atoms with Crippen LogP contribution in [0.1, 0.15) is 31.4 Å². The number of rotatable bonds is 10. The van der Waals surface area contributed by atoms with Gasteiger partial charge in [-0.1, -0.05) is 0 Å². The monoisotopic (exact) mass is 501 g/mol. The molecule has 0 radical (unpaired) electrons. The summed E-state index contributed by atoms with van der Waals surface area (Å²) in [4.78, 5) is 12.1. The molecule has 1 fully saturated rings. The van der Waals surface area contributed by atoms with Crippen molar-refractivity contribution in [3.05, 3.63) is 48.4 Å². The molecule has 5 rings (SSSR count). The van der Waals surface area contributed by atoms with Gasteiger partial charge in [0.25, 0.3) is 0 Å². The molecule has 9 heteroatoms. The number of methoxy groups -OCH3 is 1. The molecule has 3 heterocycles. The Morgan fingerprint density at radius 3 is 2.89 bits per heavy atom. The maximum absolute atomic E-state index is 8.82. The summed E-state index contributed by atoms with van der Waals surface area (Å²) in [6.07, 6.45) is 4.95. The third-order valence-corrected chi connectivity index (χ3v) is 6.57. The number of benzene rings is 2. The van der Waals surface area contributed by atoms with Gasteiger partial charge in [0.05, 0.1) is 36.8 Å². The Morgan fingerprint density at radius 1 is 1.11 bits per heavy atom. The van der Waals surface area contributed by atoms with Gasteiger partial charge < -0.3 is 29.2 Å². The normalized spacial score (nSPS) is 17.5. The number of H-pyrrole nitrogens is 1. The van der Waals surface area contributed by atoms with E-state index in [1.807, 2.05) is 37.3 Å². The molecule has 1 aliphatic rings. The Labute approximate surface area is 215 Å². The molecule has 4 aromatic rings. The number of hydrogen-bond donors (Lipinski definition) is 2. The first-order chi connectivity index (χ1) is 18.1. The number of hydrogen-bond acceptors (Lipinski definition) is 8. The summed E-state index contributed by atoms with van der Waals surface area (Å²) in [5.74, 6) is 2.30. The Balaban J connectivity index is 1.24. The number of nitriles is 1. The van der Waals surface area contributed by atoms with Crippen molar-refractivity contribution in [1.82, 2.24) is 20.3 Å². The van der Waals surface area contributed by atoms with Crippen LogP contribution in [0.4, 0.5) is 0 Å². The Morgan fingerprint density at radius 2 is 2.03 bits per heavy atom. The van der Waals surface area contributed by atoms with E-state index in [0.717, 1.165) is 47.8 Å². The number of piperidine rings is 1. The highest BCUT2D eigenvalue weighted by molar-refractivity contribution is 5.87. The molecular weight excluding hydrogens is 470 g/mol. The molecule has 0 amide bonds. The van der Waals surface area contributed by atoms with Crippen molar-refractivity contribution in [3.63, 3.8) is 0 Å². The SMILES string of the molecule is COc1cc2c(Oc3ccc4[nH]c(C)cc4c3)ncnc2cc1OCCOC1CCNC(CCC#N)C1. The van der Waals surface area contributed by atoms with E-state index >= 15 is 0 Å². The molecule has 0 spiro atoms. The second-order valence-corrected chi connectivity index (χ2v) is 9.22. The number of nitrogens with zero attached hydrogens (tertiary/aromatic N) is 3. The molecule has 2 N–H and O–H groups in total. The van der Waals surface area contributed by atoms with Gasteiger partial charge in [-0.25, -0.2) is 9.97 Å². The molecule has 2 aromatic heterocycles. The fourth-order valence-electron chi connectivity index (χ4n) is 4.77. The van der Waals surface area contributed by atoms with Crippen LogP contribution < -0.4 is 19.5 Å². The van der Waals surface area contributed by atoms with E-state index in [1.54, 1.807) is 7.11 Å². The summed E-state index contributed by atoms with van der Waals surface area (Å²) in [5.41, 5.74) is 2.85. The van der Waals surface area contributed by atoms with Crippen LogP contribution in [0.15, 0.2) is 42.7 Å². The summed E-state index contributed by atoms with van der Waals surface area (Å²) in [5, 5.41) is 14.1. The number of aromatic nitrogens is 3. The summed E-state index contributed by atoms with van der Waals surface area (Å²) in [7, 11) is 1.60. The first kappa shape index (κ1) is 24.8. The predicted molar refractivity (Wildman–Crippen MR) is 140 cm³/mol. The van der Waals surface area contributed by atoms with Crippen LogP contribution in [0.25, 0.3) is 21.8 Å². The summed E-state index contributed by atoms with van der Waals surface area (Å²) in [6.45, 7) is 3.79. The highest BCUT2D eigenvalue weighted by atomic mass is 16.5. The second-order valence-electron chi connectivity index (χ2n) is 9.22. The molecule has 0 aliphatic carbocycles. The zero-order chi connectivity index (χ0) is 25.6. The summed E-state index contributed by atoms with van der Waals surface area (Å²) >= 11 is 0. The molecule has 9 nitrogen and oxygen atoms in total. The zero-order valence-corrected chi connectivity index (χ0v) is 21.1. The van der Waals surface area contributed by atoms with Gasteiger partial charge in [0.2, 0.25) is 5.88 Å². The molecular formula is C28H31N5O4. The van der Waals surface area contributed by atoms with E-state index in [2.05, 4.69) is 32.4 Å². The third kappa shape index (κ3) is 5.93. The van der Waals surface area contributed by atoms with Gasteiger partial charge in [0.15, 0.2) is 11.5 Å². The first-order valence-electron chi connectivity index (χ1n) is 12.6. The Hall–Kier alpha value is -3.87. The minimum atomic E-state index is 0.175. The quantitative estimate of drug-likeness (QED) is 0.291. The van der Waals surface area contributed by atoms with Crippen LogP contribution in [0.2, 0.25) is 0 Å². The van der Waals surface area contributed by atoms with Crippen molar-refractivity contribution >= 4 is 21.8 Å². The predicted octanol–water partition coefficient (Wildman–Crippen LogP) is 5.04. The van der Waals surface area contributed by atoms with Crippen molar-refractivity contribution in [2.24, 2.45) is 0 Å². The standard InChI is InChI=1S/C28H31N5O4/c1-18-12-19-13-22(5-6-24(19)33-18)37-28-23-15-26(34-2)27(16-25(23)31-17-32-28)36-11-10-35-21-7-9-30-20(14-21)4-3-8-29/h5-6,12-13,15-17,20-21,30,33H,3-4,7,9-11,14H2,1-2H3. The average Bonchev–Trinajstić information content (AvgIpc) is 3.29. The highest BCUT2D eigenvalue weighted by Gasteiger charge is 2.21. The van der Waals surface area contributed by atoms with Crippen LogP contribution in [0.5, 0.6) is 23.1 Å². The smallest absolute Gasteiger partial charge is 0.230 e. The summed E-state index contributed by atoms with van der Waals surface area (Å²) in [6, 6.07) is 14.2. The van der Waals surface area contributed by atoms with Crippen molar-refractivity contribution in [3.8, 4) is 29.2 Å². The lowest BCUT2D eigenvalue weighted by Crippen LogP contribution is -2.41. The Bertz CT molecular complexity index is 1410. The molecule has 1 saturated heterocycles. The molecule has 0 saturated carbocycles. The second kappa shape index (κ2) is 11.5.